The van der Waals surface area contributed by atoms with Crippen LogP contribution in [0, 0.1) is 0 Å². The molecule has 2 N–H and O–H groups in total. The maximum atomic E-state index is 11.7. The molecule has 0 aromatic heterocycles. The molecule has 0 radical (unpaired) electrons. The summed E-state index contributed by atoms with van der Waals surface area (Å²) in [5.41, 5.74) is 0.869. The van der Waals surface area contributed by atoms with Gasteiger partial charge in [0, 0.05) is 12.1 Å². The van der Waals surface area contributed by atoms with Crippen LogP contribution in [0.15, 0.2) is 24.3 Å². The zero-order valence-corrected chi connectivity index (χ0v) is 11.0. The highest BCUT2D eigenvalue weighted by molar-refractivity contribution is 5.79. The van der Waals surface area contributed by atoms with Crippen molar-refractivity contribution in [3.05, 3.63) is 29.8 Å². The Hall–Kier alpha value is -1.55. The van der Waals surface area contributed by atoms with Gasteiger partial charge in [0.2, 0.25) is 5.91 Å². The number of ether oxygens (including phenoxy) is 1. The summed E-state index contributed by atoms with van der Waals surface area (Å²) in [6, 6.07) is 7.46. The molecular weight excluding hydrogens is 230 g/mol. The van der Waals surface area contributed by atoms with E-state index in [0.29, 0.717) is 25.8 Å². The first-order valence-electron chi connectivity index (χ1n) is 6.24. The van der Waals surface area contributed by atoms with Gasteiger partial charge in [0.05, 0.1) is 19.6 Å². The Kier molecular flexibility index (Phi) is 6.22. The van der Waals surface area contributed by atoms with Crippen LogP contribution < -0.4 is 10.1 Å². The minimum atomic E-state index is -0.337. The summed E-state index contributed by atoms with van der Waals surface area (Å²) in [7, 11) is 1.59. The lowest BCUT2D eigenvalue weighted by atomic mass is 10.1. The van der Waals surface area contributed by atoms with Crippen molar-refractivity contribution in [1.29, 1.82) is 0 Å². The van der Waals surface area contributed by atoms with Gasteiger partial charge in [-0.05, 0) is 18.9 Å². The number of hydrogen-bond donors (Lipinski definition) is 2. The fraction of sp³-hybridized carbons (Fsp3) is 0.500. The normalized spacial score (nSPS) is 11.9. The largest absolute Gasteiger partial charge is 0.496 e. The number of carbonyl (C=O) groups excluding carboxylic acids is 1. The molecular formula is C14H21NO3. The van der Waals surface area contributed by atoms with Gasteiger partial charge >= 0.3 is 0 Å². The molecule has 1 aromatic carbocycles. The van der Waals surface area contributed by atoms with E-state index in [1.807, 2.05) is 31.2 Å². The Morgan fingerprint density at radius 2 is 2.17 bits per heavy atom. The van der Waals surface area contributed by atoms with Gasteiger partial charge in [-0.1, -0.05) is 25.1 Å². The molecule has 4 nitrogen and oxygen atoms in total. The third-order valence-electron chi connectivity index (χ3n) is 2.81. The van der Waals surface area contributed by atoms with Crippen molar-refractivity contribution in [2.24, 2.45) is 0 Å². The van der Waals surface area contributed by atoms with E-state index in [1.54, 1.807) is 7.11 Å². The minimum Gasteiger partial charge on any atom is -0.496 e. The topological polar surface area (TPSA) is 58.6 Å². The fourth-order valence-corrected chi connectivity index (χ4v) is 1.67. The molecule has 1 aromatic rings. The predicted octanol–water partition coefficient (Wildman–Crippen LogP) is 1.51. The lowest BCUT2D eigenvalue weighted by Gasteiger charge is -2.10. The number of methoxy groups -OCH3 is 1. The first-order valence-corrected chi connectivity index (χ1v) is 6.24. The lowest BCUT2D eigenvalue weighted by molar-refractivity contribution is -0.120. The minimum absolute atomic E-state index is 0.0530. The van der Waals surface area contributed by atoms with Gasteiger partial charge in [0.25, 0.3) is 0 Å². The number of aliphatic hydroxyl groups is 1. The number of aliphatic hydroxyl groups excluding tert-OH is 1. The summed E-state index contributed by atoms with van der Waals surface area (Å²) in [6.07, 6.45) is 1.26. The van der Waals surface area contributed by atoms with Crippen LogP contribution in [0.1, 0.15) is 25.3 Å². The van der Waals surface area contributed by atoms with Gasteiger partial charge in [-0.3, -0.25) is 4.79 Å². The van der Waals surface area contributed by atoms with Gasteiger partial charge in [-0.2, -0.15) is 0 Å². The number of amides is 1. The molecule has 0 aliphatic heterocycles. The molecule has 0 spiro atoms. The summed E-state index contributed by atoms with van der Waals surface area (Å²) in [5.74, 6) is 0.670. The van der Waals surface area contributed by atoms with E-state index in [4.69, 9.17) is 4.74 Å². The van der Waals surface area contributed by atoms with Crippen molar-refractivity contribution < 1.29 is 14.6 Å². The van der Waals surface area contributed by atoms with Crippen LogP contribution in [-0.2, 0) is 11.2 Å². The van der Waals surface area contributed by atoms with Crippen LogP contribution in [0.25, 0.3) is 0 Å². The number of benzene rings is 1. The predicted molar refractivity (Wildman–Crippen MR) is 70.6 cm³/mol. The second kappa shape index (κ2) is 7.71. The first-order chi connectivity index (χ1) is 8.67. The third-order valence-corrected chi connectivity index (χ3v) is 2.81. The van der Waals surface area contributed by atoms with E-state index >= 15 is 0 Å². The monoisotopic (exact) mass is 251 g/mol. The van der Waals surface area contributed by atoms with Crippen molar-refractivity contribution in [3.63, 3.8) is 0 Å². The summed E-state index contributed by atoms with van der Waals surface area (Å²) < 4.78 is 5.19. The highest BCUT2D eigenvalue weighted by atomic mass is 16.5. The second-order valence-corrected chi connectivity index (χ2v) is 4.19. The average molecular weight is 251 g/mol. The van der Waals surface area contributed by atoms with Crippen LogP contribution in [0.5, 0.6) is 5.75 Å². The highest BCUT2D eigenvalue weighted by Gasteiger charge is 2.08. The summed E-state index contributed by atoms with van der Waals surface area (Å²) in [6.45, 7) is 2.42. The Bertz CT molecular complexity index is 379. The molecule has 1 atom stereocenters. The zero-order valence-electron chi connectivity index (χ0n) is 11.0. The molecule has 1 rings (SSSR count). The van der Waals surface area contributed by atoms with Gasteiger partial charge < -0.3 is 15.2 Å². The van der Waals surface area contributed by atoms with Crippen molar-refractivity contribution in [1.82, 2.24) is 5.32 Å². The van der Waals surface area contributed by atoms with Gasteiger partial charge in [-0.25, -0.2) is 0 Å². The first kappa shape index (κ1) is 14.5. The van der Waals surface area contributed by atoms with Crippen molar-refractivity contribution in [2.75, 3.05) is 13.7 Å². The molecule has 0 bridgehead atoms. The fourth-order valence-electron chi connectivity index (χ4n) is 1.67. The Morgan fingerprint density at radius 3 is 2.83 bits per heavy atom. The lowest BCUT2D eigenvalue weighted by Crippen LogP contribution is -2.28. The van der Waals surface area contributed by atoms with E-state index in [-0.39, 0.29) is 12.0 Å². The number of rotatable bonds is 7. The van der Waals surface area contributed by atoms with Crippen molar-refractivity contribution in [3.8, 4) is 5.75 Å². The van der Waals surface area contributed by atoms with Gasteiger partial charge in [-0.15, -0.1) is 0 Å². The quantitative estimate of drug-likeness (QED) is 0.772. The number of nitrogens with one attached hydrogen (secondary N) is 1. The Balaban J connectivity index is 2.40. The molecule has 1 amide bonds. The van der Waals surface area contributed by atoms with Gasteiger partial charge in [0.1, 0.15) is 5.75 Å². The van der Waals surface area contributed by atoms with E-state index in [1.165, 1.54) is 0 Å². The van der Waals surface area contributed by atoms with Crippen LogP contribution >= 0.6 is 0 Å². The second-order valence-electron chi connectivity index (χ2n) is 4.19. The van der Waals surface area contributed by atoms with Crippen LogP contribution in [0.2, 0.25) is 0 Å². The van der Waals surface area contributed by atoms with E-state index in [0.717, 1.165) is 11.3 Å². The molecule has 0 heterocycles. The Labute approximate surface area is 108 Å². The smallest absolute Gasteiger partial charge is 0.224 e. The van der Waals surface area contributed by atoms with Crippen molar-refractivity contribution in [2.45, 2.75) is 32.3 Å². The number of carbonyl (C=O) groups is 1. The molecule has 18 heavy (non-hydrogen) atoms. The summed E-state index contributed by atoms with van der Waals surface area (Å²) >= 11 is 0. The summed E-state index contributed by atoms with van der Waals surface area (Å²) in [4.78, 5) is 11.7. The van der Waals surface area contributed by atoms with E-state index < -0.39 is 0 Å². The zero-order chi connectivity index (χ0) is 13.4. The van der Waals surface area contributed by atoms with Crippen LogP contribution in [-0.4, -0.2) is 30.8 Å². The molecule has 0 saturated carbocycles. The maximum absolute atomic E-state index is 11.7. The van der Waals surface area contributed by atoms with Crippen LogP contribution in [0.4, 0.5) is 0 Å². The summed E-state index contributed by atoms with van der Waals surface area (Å²) in [5, 5.41) is 12.2. The van der Waals surface area contributed by atoms with E-state index in [2.05, 4.69) is 5.32 Å². The molecule has 0 aliphatic carbocycles. The number of para-hydroxylation sites is 1. The number of hydrogen-bond acceptors (Lipinski definition) is 3. The highest BCUT2D eigenvalue weighted by Crippen LogP contribution is 2.17. The molecule has 4 heteroatoms. The molecule has 100 valence electrons. The molecule has 0 aliphatic rings. The molecule has 0 fully saturated rings. The Morgan fingerprint density at radius 1 is 1.44 bits per heavy atom. The standard InChI is InChI=1S/C14H21NO3/c1-3-12(16)8-9-15-14(17)10-11-6-4-5-7-13(11)18-2/h4-7,12,16H,3,8-10H2,1-2H3,(H,15,17). The van der Waals surface area contributed by atoms with Crippen molar-refractivity contribution >= 4 is 5.91 Å². The third kappa shape index (κ3) is 4.75. The van der Waals surface area contributed by atoms with Crippen LogP contribution in [0.3, 0.4) is 0 Å². The van der Waals surface area contributed by atoms with Gasteiger partial charge in [0.15, 0.2) is 0 Å². The molecule has 0 saturated heterocycles. The average Bonchev–Trinajstić information content (AvgIpc) is 2.39. The van der Waals surface area contributed by atoms with E-state index in [9.17, 15) is 9.90 Å². The maximum Gasteiger partial charge on any atom is 0.224 e. The molecule has 1 unspecified atom stereocenters. The SMILES string of the molecule is CCC(O)CCNC(=O)Cc1ccccc1OC.